The second-order valence-corrected chi connectivity index (χ2v) is 3.39. The smallest absolute Gasteiger partial charge is 0.172 e. The molecule has 2 rings (SSSR count). The molecule has 1 radical (unpaired) electrons. The number of halogens is 1. The lowest BCUT2D eigenvalue weighted by molar-refractivity contribution is 0.266. The Morgan fingerprint density at radius 1 is 1.46 bits per heavy atom. The molecule has 0 saturated carbocycles. The lowest BCUT2D eigenvalue weighted by Gasteiger charge is -2.32. The van der Waals surface area contributed by atoms with Crippen molar-refractivity contribution < 1.29 is 4.39 Å². The van der Waals surface area contributed by atoms with Gasteiger partial charge in [-0.05, 0) is 37.5 Å². The van der Waals surface area contributed by atoms with E-state index in [0.29, 0.717) is 6.42 Å². The van der Waals surface area contributed by atoms with Gasteiger partial charge in [-0.3, -0.25) is 0 Å². The molecule has 1 aromatic rings. The van der Waals surface area contributed by atoms with Gasteiger partial charge in [-0.15, -0.1) is 0 Å². The summed E-state index contributed by atoms with van der Waals surface area (Å²) in [6, 6.07) is 10.5. The van der Waals surface area contributed by atoms with Crippen molar-refractivity contribution >= 4 is 5.69 Å². The molecule has 1 unspecified atom stereocenters. The molecule has 1 atom stereocenters. The van der Waals surface area contributed by atoms with Crippen molar-refractivity contribution in [3.05, 3.63) is 30.3 Å². The van der Waals surface area contributed by atoms with E-state index < -0.39 is 6.30 Å². The third-order valence-corrected chi connectivity index (χ3v) is 2.45. The molecule has 2 heteroatoms. The van der Waals surface area contributed by atoms with Crippen LogP contribution in [0.4, 0.5) is 10.1 Å². The molecule has 0 aliphatic carbocycles. The van der Waals surface area contributed by atoms with E-state index in [4.69, 9.17) is 0 Å². The topological polar surface area (TPSA) is 3.24 Å². The molecule has 0 aromatic heterocycles. The average molecular weight is 178 g/mol. The molecular formula is C11H13FN. The van der Waals surface area contributed by atoms with E-state index in [0.717, 1.165) is 25.1 Å². The Hall–Kier alpha value is -1.05. The maximum absolute atomic E-state index is 13.4. The summed E-state index contributed by atoms with van der Waals surface area (Å²) >= 11 is 0. The number of piperidine rings is 1. The molecule has 69 valence electrons. The molecule has 0 bridgehead atoms. The van der Waals surface area contributed by atoms with Gasteiger partial charge in [0.25, 0.3) is 0 Å². The quantitative estimate of drug-likeness (QED) is 0.598. The average Bonchev–Trinajstić information content (AvgIpc) is 2.20. The van der Waals surface area contributed by atoms with Gasteiger partial charge in [0.05, 0.1) is 0 Å². The third-order valence-electron chi connectivity index (χ3n) is 2.45. The van der Waals surface area contributed by atoms with E-state index in [1.54, 1.807) is 0 Å². The van der Waals surface area contributed by atoms with E-state index in [2.05, 4.69) is 6.07 Å². The molecule has 1 saturated heterocycles. The summed E-state index contributed by atoms with van der Waals surface area (Å²) in [5.74, 6) is 0. The number of rotatable bonds is 1. The zero-order valence-electron chi connectivity index (χ0n) is 7.54. The molecule has 1 aliphatic rings. The fraction of sp³-hybridized carbons (Fsp3) is 0.455. The molecule has 1 nitrogen and oxygen atoms in total. The van der Waals surface area contributed by atoms with Gasteiger partial charge >= 0.3 is 0 Å². The summed E-state index contributed by atoms with van der Waals surface area (Å²) in [4.78, 5) is 1.82. The Labute approximate surface area is 78.2 Å². The molecule has 0 N–H and O–H groups in total. The molecule has 1 fully saturated rings. The van der Waals surface area contributed by atoms with E-state index in [1.807, 2.05) is 29.2 Å². The van der Waals surface area contributed by atoms with Crippen LogP contribution in [0.3, 0.4) is 0 Å². The standard InChI is InChI=1S/C11H13FN/c12-11-8-4-5-9-13(11)10-6-2-1-3-7-10/h1-2,6-7,11H,4-5,8-9H2. The van der Waals surface area contributed by atoms with Crippen LogP contribution in [0.1, 0.15) is 19.3 Å². The summed E-state index contributed by atoms with van der Waals surface area (Å²) in [6.07, 6.45) is 1.96. The van der Waals surface area contributed by atoms with E-state index in [-0.39, 0.29) is 0 Å². The number of hydrogen-bond donors (Lipinski definition) is 0. The second kappa shape index (κ2) is 3.77. The highest BCUT2D eigenvalue weighted by molar-refractivity contribution is 5.46. The molecule has 1 aromatic carbocycles. The summed E-state index contributed by atoms with van der Waals surface area (Å²) in [5.41, 5.74) is 0.953. The summed E-state index contributed by atoms with van der Waals surface area (Å²) in [5, 5.41) is 0. The highest BCUT2D eigenvalue weighted by Gasteiger charge is 2.21. The van der Waals surface area contributed by atoms with Crippen LogP contribution in [-0.2, 0) is 0 Å². The zero-order valence-corrected chi connectivity index (χ0v) is 7.54. The van der Waals surface area contributed by atoms with Crippen molar-refractivity contribution in [1.29, 1.82) is 0 Å². The van der Waals surface area contributed by atoms with Crippen LogP contribution in [-0.4, -0.2) is 12.8 Å². The number of nitrogens with zero attached hydrogens (tertiary/aromatic N) is 1. The van der Waals surface area contributed by atoms with Crippen molar-refractivity contribution in [2.24, 2.45) is 0 Å². The van der Waals surface area contributed by atoms with Gasteiger partial charge in [-0.1, -0.05) is 12.1 Å². The number of alkyl halides is 1. The minimum absolute atomic E-state index is 0.662. The van der Waals surface area contributed by atoms with E-state index in [1.165, 1.54) is 0 Å². The van der Waals surface area contributed by atoms with Crippen LogP contribution in [0.5, 0.6) is 0 Å². The highest BCUT2D eigenvalue weighted by atomic mass is 19.1. The predicted octanol–water partition coefficient (Wildman–Crippen LogP) is 2.77. The number of benzene rings is 1. The van der Waals surface area contributed by atoms with Gasteiger partial charge in [0, 0.05) is 12.2 Å². The Bertz CT molecular complexity index is 260. The van der Waals surface area contributed by atoms with Crippen molar-refractivity contribution in [3.8, 4) is 0 Å². The van der Waals surface area contributed by atoms with Crippen molar-refractivity contribution in [1.82, 2.24) is 0 Å². The van der Waals surface area contributed by atoms with Crippen LogP contribution in [0, 0.1) is 6.07 Å². The monoisotopic (exact) mass is 178 g/mol. The van der Waals surface area contributed by atoms with Gasteiger partial charge < -0.3 is 4.90 Å². The number of hydrogen-bond acceptors (Lipinski definition) is 1. The molecule has 13 heavy (non-hydrogen) atoms. The Kier molecular flexibility index (Phi) is 2.48. The molecule has 1 aliphatic heterocycles. The van der Waals surface area contributed by atoms with Crippen LogP contribution in [0.2, 0.25) is 0 Å². The summed E-state index contributed by atoms with van der Waals surface area (Å²) in [6.45, 7) is 0.832. The lowest BCUT2D eigenvalue weighted by Crippen LogP contribution is -2.36. The Morgan fingerprint density at radius 2 is 2.38 bits per heavy atom. The van der Waals surface area contributed by atoms with Crippen LogP contribution in [0.25, 0.3) is 0 Å². The SMILES string of the molecule is FC1CCCCN1c1c[c]ccc1. The first-order valence-corrected chi connectivity index (χ1v) is 4.75. The maximum Gasteiger partial charge on any atom is 0.172 e. The summed E-state index contributed by atoms with van der Waals surface area (Å²) in [7, 11) is 0. The van der Waals surface area contributed by atoms with Crippen LogP contribution in [0.15, 0.2) is 24.3 Å². The van der Waals surface area contributed by atoms with Gasteiger partial charge in [-0.25, -0.2) is 4.39 Å². The normalized spacial score (nSPS) is 23.2. The predicted molar refractivity (Wildman–Crippen MR) is 51.4 cm³/mol. The molecular weight excluding hydrogens is 165 g/mol. The molecule has 0 amide bonds. The summed E-state index contributed by atoms with van der Waals surface area (Å²) < 4.78 is 13.4. The van der Waals surface area contributed by atoms with E-state index >= 15 is 0 Å². The highest BCUT2D eigenvalue weighted by Crippen LogP contribution is 2.24. The van der Waals surface area contributed by atoms with Crippen molar-refractivity contribution in [2.45, 2.75) is 25.6 Å². The number of anilines is 1. The van der Waals surface area contributed by atoms with Crippen LogP contribution >= 0.6 is 0 Å². The van der Waals surface area contributed by atoms with Gasteiger partial charge in [0.2, 0.25) is 0 Å². The maximum atomic E-state index is 13.4. The molecule has 1 heterocycles. The minimum atomic E-state index is -0.801. The first-order valence-electron chi connectivity index (χ1n) is 4.75. The van der Waals surface area contributed by atoms with Crippen molar-refractivity contribution in [3.63, 3.8) is 0 Å². The van der Waals surface area contributed by atoms with E-state index in [9.17, 15) is 4.39 Å². The molecule has 0 spiro atoms. The first-order chi connectivity index (χ1) is 6.38. The van der Waals surface area contributed by atoms with Crippen molar-refractivity contribution in [2.75, 3.05) is 11.4 Å². The lowest BCUT2D eigenvalue weighted by atomic mass is 10.1. The fourth-order valence-corrected chi connectivity index (χ4v) is 1.74. The largest absolute Gasteiger partial charge is 0.342 e. The first kappa shape index (κ1) is 8.54. The second-order valence-electron chi connectivity index (χ2n) is 3.39. The Morgan fingerprint density at radius 3 is 3.08 bits per heavy atom. The van der Waals surface area contributed by atoms with Gasteiger partial charge in [-0.2, -0.15) is 0 Å². The minimum Gasteiger partial charge on any atom is -0.342 e. The van der Waals surface area contributed by atoms with Gasteiger partial charge in [0.1, 0.15) is 0 Å². The van der Waals surface area contributed by atoms with Gasteiger partial charge in [0.15, 0.2) is 6.30 Å². The Balaban J connectivity index is 2.15. The fourth-order valence-electron chi connectivity index (χ4n) is 1.74. The zero-order chi connectivity index (χ0) is 9.10. The van der Waals surface area contributed by atoms with Crippen LogP contribution < -0.4 is 4.90 Å². The third kappa shape index (κ3) is 1.82.